The first-order valence-corrected chi connectivity index (χ1v) is 12.7. The van der Waals surface area contributed by atoms with Crippen LogP contribution in [-0.4, -0.2) is 41.2 Å². The van der Waals surface area contributed by atoms with Gasteiger partial charge in [-0.2, -0.15) is 0 Å². The summed E-state index contributed by atoms with van der Waals surface area (Å²) in [6, 6.07) is 12.7. The van der Waals surface area contributed by atoms with Crippen LogP contribution in [0.2, 0.25) is 0 Å². The molecule has 4 heterocycles. The lowest BCUT2D eigenvalue weighted by molar-refractivity contribution is -0.113. The van der Waals surface area contributed by atoms with Crippen LogP contribution >= 0.6 is 23.1 Å². The zero-order chi connectivity index (χ0) is 23.8. The average Bonchev–Trinajstić information content (AvgIpc) is 3.54. The highest BCUT2D eigenvalue weighted by Gasteiger charge is 2.18. The van der Waals surface area contributed by atoms with Gasteiger partial charge in [0.15, 0.2) is 28.2 Å². The number of carbonyl (C=O) groups is 1. The monoisotopic (exact) mass is 509 g/mol. The number of hydrogen-bond donors (Lipinski definition) is 1. The van der Waals surface area contributed by atoms with Gasteiger partial charge in [-0.3, -0.25) is 14.2 Å². The molecule has 0 spiro atoms. The first kappa shape index (κ1) is 21.8. The Morgan fingerprint density at radius 2 is 1.77 bits per heavy atom. The van der Waals surface area contributed by atoms with Crippen molar-refractivity contribution >= 4 is 44.9 Å². The van der Waals surface area contributed by atoms with Crippen molar-refractivity contribution in [3.63, 3.8) is 0 Å². The SMILES string of the molecule is O=C(CSc1nc2ccsc2c(=O)n1Cc1ccc2c(c1)OCO2)Nc1ccc2c(c1)OCCO2. The fourth-order valence-corrected chi connectivity index (χ4v) is 5.42. The van der Waals surface area contributed by atoms with Gasteiger partial charge in [-0.1, -0.05) is 17.8 Å². The Bertz CT molecular complexity index is 1500. The second-order valence-electron chi connectivity index (χ2n) is 7.80. The van der Waals surface area contributed by atoms with Crippen molar-refractivity contribution in [3.05, 3.63) is 63.8 Å². The van der Waals surface area contributed by atoms with E-state index in [2.05, 4.69) is 10.3 Å². The van der Waals surface area contributed by atoms with Crippen molar-refractivity contribution in [2.75, 3.05) is 31.1 Å². The zero-order valence-electron chi connectivity index (χ0n) is 18.3. The molecule has 6 rings (SSSR count). The minimum absolute atomic E-state index is 0.0810. The molecular weight excluding hydrogens is 490 g/mol. The molecule has 0 bridgehead atoms. The van der Waals surface area contributed by atoms with Crippen LogP contribution in [0.3, 0.4) is 0 Å². The largest absolute Gasteiger partial charge is 0.486 e. The number of anilines is 1. The number of carbonyl (C=O) groups excluding carboxylic acids is 1. The normalized spacial score (nSPS) is 13.7. The summed E-state index contributed by atoms with van der Waals surface area (Å²) in [5.41, 5.74) is 1.96. The smallest absolute Gasteiger partial charge is 0.272 e. The molecule has 35 heavy (non-hydrogen) atoms. The van der Waals surface area contributed by atoms with Crippen LogP contribution in [0, 0.1) is 0 Å². The number of amides is 1. The number of nitrogens with zero attached hydrogens (tertiary/aromatic N) is 2. The topological polar surface area (TPSA) is 101 Å². The van der Waals surface area contributed by atoms with Crippen molar-refractivity contribution < 1.29 is 23.7 Å². The molecule has 178 valence electrons. The Morgan fingerprint density at radius 3 is 2.69 bits per heavy atom. The minimum Gasteiger partial charge on any atom is -0.486 e. The van der Waals surface area contributed by atoms with Crippen LogP contribution in [0.5, 0.6) is 23.0 Å². The third-order valence-electron chi connectivity index (χ3n) is 5.47. The maximum atomic E-state index is 13.3. The number of fused-ring (bicyclic) bond motifs is 3. The summed E-state index contributed by atoms with van der Waals surface area (Å²) in [5.74, 6) is 2.44. The molecule has 2 aliphatic heterocycles. The van der Waals surface area contributed by atoms with Gasteiger partial charge in [-0.15, -0.1) is 11.3 Å². The van der Waals surface area contributed by atoms with Crippen molar-refractivity contribution in [2.24, 2.45) is 0 Å². The molecular formula is C24H19N3O6S2. The summed E-state index contributed by atoms with van der Waals surface area (Å²) in [6.07, 6.45) is 0. The third kappa shape index (κ3) is 4.40. The number of thioether (sulfide) groups is 1. The van der Waals surface area contributed by atoms with Crippen molar-refractivity contribution in [1.29, 1.82) is 0 Å². The number of rotatable bonds is 6. The summed E-state index contributed by atoms with van der Waals surface area (Å²) in [5, 5.41) is 5.18. The van der Waals surface area contributed by atoms with Crippen molar-refractivity contribution in [1.82, 2.24) is 9.55 Å². The van der Waals surface area contributed by atoms with Crippen molar-refractivity contribution in [2.45, 2.75) is 11.7 Å². The molecule has 0 aliphatic carbocycles. The molecule has 2 aliphatic rings. The molecule has 0 fully saturated rings. The van der Waals surface area contributed by atoms with E-state index in [4.69, 9.17) is 18.9 Å². The molecule has 0 saturated heterocycles. The van der Waals surface area contributed by atoms with E-state index in [1.165, 1.54) is 23.1 Å². The lowest BCUT2D eigenvalue weighted by Crippen LogP contribution is -2.24. The summed E-state index contributed by atoms with van der Waals surface area (Å²) in [4.78, 5) is 30.6. The fourth-order valence-electron chi connectivity index (χ4n) is 3.84. The van der Waals surface area contributed by atoms with E-state index in [9.17, 15) is 9.59 Å². The van der Waals surface area contributed by atoms with Gasteiger partial charge in [0.05, 0.1) is 17.8 Å². The van der Waals surface area contributed by atoms with Gasteiger partial charge in [0.1, 0.15) is 17.9 Å². The van der Waals surface area contributed by atoms with E-state index in [-0.39, 0.29) is 24.0 Å². The van der Waals surface area contributed by atoms with Crippen LogP contribution in [0.4, 0.5) is 5.69 Å². The van der Waals surface area contributed by atoms with Gasteiger partial charge in [-0.05, 0) is 41.3 Å². The van der Waals surface area contributed by atoms with Gasteiger partial charge in [0.2, 0.25) is 12.7 Å². The number of ether oxygens (including phenoxy) is 4. The van der Waals surface area contributed by atoms with Crippen LogP contribution in [0.25, 0.3) is 10.2 Å². The van der Waals surface area contributed by atoms with E-state index in [0.717, 1.165) is 5.56 Å². The molecule has 1 N–H and O–H groups in total. The number of nitrogens with one attached hydrogen (secondary N) is 1. The maximum absolute atomic E-state index is 13.3. The Morgan fingerprint density at radius 1 is 1.00 bits per heavy atom. The molecule has 2 aromatic heterocycles. The van der Waals surface area contributed by atoms with Crippen LogP contribution in [0.1, 0.15) is 5.56 Å². The summed E-state index contributed by atoms with van der Waals surface area (Å²) in [7, 11) is 0. The predicted octanol–water partition coefficient (Wildman–Crippen LogP) is 3.74. The molecule has 4 aromatic rings. The number of benzene rings is 2. The van der Waals surface area contributed by atoms with Crippen LogP contribution in [0.15, 0.2) is 57.8 Å². The molecule has 11 heteroatoms. The highest BCUT2D eigenvalue weighted by atomic mass is 32.2. The van der Waals surface area contributed by atoms with Crippen molar-refractivity contribution in [3.8, 4) is 23.0 Å². The minimum atomic E-state index is -0.221. The predicted molar refractivity (Wildman–Crippen MR) is 132 cm³/mol. The van der Waals surface area contributed by atoms with E-state index in [1.807, 2.05) is 29.6 Å². The van der Waals surface area contributed by atoms with E-state index < -0.39 is 0 Å². The Kier molecular flexibility index (Phi) is 5.71. The second kappa shape index (κ2) is 9.16. The van der Waals surface area contributed by atoms with Crippen LogP contribution in [-0.2, 0) is 11.3 Å². The molecule has 1 amide bonds. The Hall–Kier alpha value is -3.70. The highest BCUT2D eigenvalue weighted by molar-refractivity contribution is 7.99. The zero-order valence-corrected chi connectivity index (χ0v) is 19.9. The van der Waals surface area contributed by atoms with E-state index >= 15 is 0 Å². The second-order valence-corrected chi connectivity index (χ2v) is 9.66. The summed E-state index contributed by atoms with van der Waals surface area (Å²) < 4.78 is 24.1. The number of thiophene rings is 1. The molecule has 0 saturated carbocycles. The number of hydrogen-bond acceptors (Lipinski definition) is 9. The lowest BCUT2D eigenvalue weighted by atomic mass is 10.2. The van der Waals surface area contributed by atoms with E-state index in [0.29, 0.717) is 63.8 Å². The van der Waals surface area contributed by atoms with E-state index in [1.54, 1.807) is 22.8 Å². The fraction of sp³-hybridized carbons (Fsp3) is 0.208. The van der Waals surface area contributed by atoms with Gasteiger partial charge in [-0.25, -0.2) is 4.98 Å². The summed E-state index contributed by atoms with van der Waals surface area (Å²) >= 11 is 2.57. The Labute approximate surface area is 207 Å². The maximum Gasteiger partial charge on any atom is 0.272 e. The first-order valence-electron chi connectivity index (χ1n) is 10.8. The third-order valence-corrected chi connectivity index (χ3v) is 7.33. The van der Waals surface area contributed by atoms with Gasteiger partial charge in [0, 0.05) is 11.8 Å². The average molecular weight is 510 g/mol. The molecule has 2 aromatic carbocycles. The Balaban J connectivity index is 1.22. The van der Waals surface area contributed by atoms with Gasteiger partial charge in [0.25, 0.3) is 5.56 Å². The first-order chi connectivity index (χ1) is 17.1. The van der Waals surface area contributed by atoms with Crippen LogP contribution < -0.4 is 29.8 Å². The lowest BCUT2D eigenvalue weighted by Gasteiger charge is -2.19. The van der Waals surface area contributed by atoms with Gasteiger partial charge >= 0.3 is 0 Å². The molecule has 9 nitrogen and oxygen atoms in total. The number of aromatic nitrogens is 2. The quantitative estimate of drug-likeness (QED) is 0.310. The molecule has 0 atom stereocenters. The highest BCUT2D eigenvalue weighted by Crippen LogP contribution is 2.34. The molecule has 0 unspecified atom stereocenters. The molecule has 0 radical (unpaired) electrons. The standard InChI is InChI=1S/C24H19N3O6S2/c28-21(25-15-2-4-17-20(10-15)31-7-6-30-17)12-35-24-26-16-5-8-34-22(16)23(29)27(24)11-14-1-3-18-19(9-14)33-13-32-18/h1-5,8-10H,6-7,11-13H2,(H,25,28). The van der Waals surface area contributed by atoms with Gasteiger partial charge < -0.3 is 24.3 Å². The summed E-state index contributed by atoms with van der Waals surface area (Å²) in [6.45, 7) is 1.45.